The van der Waals surface area contributed by atoms with Crippen molar-refractivity contribution >= 4 is 75.4 Å². The van der Waals surface area contributed by atoms with E-state index in [4.69, 9.17) is 23.2 Å². The molecule has 46 heavy (non-hydrogen) atoms. The van der Waals surface area contributed by atoms with Gasteiger partial charge in [0.15, 0.2) is 0 Å². The number of nitrogens with zero attached hydrogens (tertiary/aromatic N) is 1. The van der Waals surface area contributed by atoms with E-state index >= 15 is 0 Å². The van der Waals surface area contributed by atoms with Crippen molar-refractivity contribution in [2.45, 2.75) is 27.7 Å². The Hall–Kier alpha value is -4.34. The highest BCUT2D eigenvalue weighted by atomic mass is 35.5. The summed E-state index contributed by atoms with van der Waals surface area (Å²) in [7, 11) is 0. The molecule has 6 aromatic rings. The first-order chi connectivity index (χ1) is 22.2. The van der Waals surface area contributed by atoms with Gasteiger partial charge in [-0.25, -0.2) is 0 Å². The third kappa shape index (κ3) is 7.71. The average Bonchev–Trinajstić information content (AvgIpc) is 3.48. The molecule has 0 atom stereocenters. The van der Waals surface area contributed by atoms with E-state index in [1.54, 1.807) is 11.3 Å². The quantitative estimate of drug-likeness (QED) is 0.158. The van der Waals surface area contributed by atoms with Gasteiger partial charge in [0.1, 0.15) is 0 Å². The summed E-state index contributed by atoms with van der Waals surface area (Å²) in [6.45, 7) is 8.68. The Labute approximate surface area is 286 Å². The Morgan fingerprint density at radius 3 is 1.37 bits per heavy atom. The molecule has 1 nitrogen and oxygen atoms in total. The predicted molar refractivity (Wildman–Crippen MR) is 203 cm³/mol. The lowest BCUT2D eigenvalue weighted by Crippen LogP contribution is -2.09. The lowest BCUT2D eigenvalue weighted by molar-refractivity contribution is 1.28. The van der Waals surface area contributed by atoms with Crippen LogP contribution in [0.25, 0.3) is 23.8 Å². The minimum atomic E-state index is 0.708. The van der Waals surface area contributed by atoms with Crippen molar-refractivity contribution in [2.75, 3.05) is 4.90 Å². The minimum absolute atomic E-state index is 0.708. The van der Waals surface area contributed by atoms with Crippen molar-refractivity contribution in [3.63, 3.8) is 0 Å². The number of aryl methyl sites for hydroxylation is 4. The molecule has 5 aromatic carbocycles. The zero-order valence-corrected chi connectivity index (χ0v) is 28.7. The van der Waals surface area contributed by atoms with Crippen LogP contribution >= 0.6 is 34.5 Å². The number of halogens is 2. The van der Waals surface area contributed by atoms with Gasteiger partial charge in [-0.1, -0.05) is 100 Å². The van der Waals surface area contributed by atoms with E-state index in [-0.39, 0.29) is 0 Å². The van der Waals surface area contributed by atoms with Gasteiger partial charge in [-0.15, -0.1) is 11.3 Å². The second-order valence-corrected chi connectivity index (χ2v) is 13.8. The van der Waals surface area contributed by atoms with E-state index in [0.29, 0.717) is 10.0 Å². The van der Waals surface area contributed by atoms with Crippen LogP contribution in [0.1, 0.15) is 48.7 Å². The van der Waals surface area contributed by atoms with Gasteiger partial charge in [-0.05, 0) is 135 Å². The first-order valence-corrected chi connectivity index (χ1v) is 16.9. The molecule has 1 aromatic heterocycles. The highest BCUT2D eigenvalue weighted by Crippen LogP contribution is 2.36. The zero-order valence-electron chi connectivity index (χ0n) is 26.4. The first kappa shape index (κ1) is 31.6. The Balaban J connectivity index is 1.27. The summed E-state index contributed by atoms with van der Waals surface area (Å²) in [6, 6.07) is 42.4. The molecule has 0 unspecified atom stereocenters. The van der Waals surface area contributed by atoms with E-state index < -0.39 is 0 Å². The van der Waals surface area contributed by atoms with Gasteiger partial charge in [0.25, 0.3) is 0 Å². The van der Waals surface area contributed by atoms with E-state index in [1.165, 1.54) is 48.7 Å². The Morgan fingerprint density at radius 2 is 0.913 bits per heavy atom. The molecule has 0 fully saturated rings. The molecule has 0 bridgehead atoms. The van der Waals surface area contributed by atoms with Crippen LogP contribution < -0.4 is 4.90 Å². The summed E-state index contributed by atoms with van der Waals surface area (Å²) >= 11 is 14.2. The number of rotatable bonds is 8. The highest BCUT2D eigenvalue weighted by Gasteiger charge is 2.13. The lowest BCUT2D eigenvalue weighted by atomic mass is 9.92. The second-order valence-electron chi connectivity index (χ2n) is 11.8. The van der Waals surface area contributed by atoms with Crippen LogP contribution in [0.4, 0.5) is 17.1 Å². The standard InChI is InChI=1S/C42H35Cl2NS/c1-28-21-29(2)24-33(23-28)42(34-25-30(3)22-31(4)26-34)27-41-20-19-40(46-41)18-7-32-5-12-37(13-6-32)45(38-14-8-35(43)9-15-38)39-16-10-36(44)11-17-39/h5-27H,1-4H3. The fourth-order valence-corrected chi connectivity index (χ4v) is 6.92. The molecule has 0 radical (unpaired) electrons. The third-order valence-corrected chi connectivity index (χ3v) is 9.26. The Bertz CT molecular complexity index is 1890. The summed E-state index contributed by atoms with van der Waals surface area (Å²) in [6.07, 6.45) is 6.70. The van der Waals surface area contributed by atoms with Crippen LogP contribution in [-0.4, -0.2) is 0 Å². The molecule has 0 aliphatic heterocycles. The second kappa shape index (κ2) is 14.0. The molecule has 4 heteroatoms. The van der Waals surface area contributed by atoms with Crippen LogP contribution in [0.3, 0.4) is 0 Å². The topological polar surface area (TPSA) is 3.24 Å². The fraction of sp³-hybridized carbons (Fsp3) is 0.0952. The molecule has 0 N–H and O–H groups in total. The third-order valence-electron chi connectivity index (χ3n) is 7.76. The SMILES string of the molecule is Cc1cc(C)cc(C(=Cc2ccc(C=Cc3ccc(N(c4ccc(Cl)cc4)c4ccc(Cl)cc4)cc3)s2)c2cc(C)cc(C)c2)c1. The summed E-state index contributed by atoms with van der Waals surface area (Å²) in [5.41, 5.74) is 13.1. The molecular formula is C42H35Cl2NS. The zero-order chi connectivity index (χ0) is 32.2. The van der Waals surface area contributed by atoms with Crippen LogP contribution in [0.2, 0.25) is 10.0 Å². The molecule has 6 rings (SSSR count). The van der Waals surface area contributed by atoms with Gasteiger partial charge >= 0.3 is 0 Å². The van der Waals surface area contributed by atoms with Crippen LogP contribution in [-0.2, 0) is 0 Å². The number of thiophene rings is 1. The van der Waals surface area contributed by atoms with E-state index in [0.717, 1.165) is 22.6 Å². The Kier molecular flexibility index (Phi) is 9.61. The van der Waals surface area contributed by atoms with Crippen LogP contribution in [0.5, 0.6) is 0 Å². The van der Waals surface area contributed by atoms with Crippen LogP contribution in [0.15, 0.2) is 121 Å². The number of benzene rings is 5. The molecule has 0 amide bonds. The first-order valence-electron chi connectivity index (χ1n) is 15.3. The van der Waals surface area contributed by atoms with E-state index in [2.05, 4.69) is 124 Å². The summed E-state index contributed by atoms with van der Waals surface area (Å²) in [5, 5.41) is 1.42. The van der Waals surface area contributed by atoms with Gasteiger partial charge in [-0.2, -0.15) is 0 Å². The van der Waals surface area contributed by atoms with Gasteiger partial charge in [0, 0.05) is 36.9 Å². The molecule has 0 saturated carbocycles. The van der Waals surface area contributed by atoms with Crippen molar-refractivity contribution < 1.29 is 0 Å². The average molecular weight is 657 g/mol. The summed E-state index contributed by atoms with van der Waals surface area (Å²) in [5.74, 6) is 0. The maximum atomic E-state index is 6.19. The largest absolute Gasteiger partial charge is 0.311 e. The van der Waals surface area contributed by atoms with Crippen LogP contribution in [0, 0.1) is 27.7 Å². The molecule has 0 aliphatic rings. The van der Waals surface area contributed by atoms with Gasteiger partial charge in [0.2, 0.25) is 0 Å². The number of hydrogen-bond acceptors (Lipinski definition) is 2. The number of anilines is 3. The fourth-order valence-electron chi connectivity index (χ4n) is 5.81. The van der Waals surface area contributed by atoms with E-state index in [9.17, 15) is 0 Å². The van der Waals surface area contributed by atoms with Gasteiger partial charge < -0.3 is 4.90 Å². The predicted octanol–water partition coefficient (Wildman–Crippen LogP) is 13.5. The molecule has 228 valence electrons. The smallest absolute Gasteiger partial charge is 0.0462 e. The summed E-state index contributed by atoms with van der Waals surface area (Å²) < 4.78 is 0. The van der Waals surface area contributed by atoms with Crippen molar-refractivity contribution in [1.82, 2.24) is 0 Å². The van der Waals surface area contributed by atoms with Crippen molar-refractivity contribution in [3.8, 4) is 0 Å². The van der Waals surface area contributed by atoms with Gasteiger partial charge in [0.05, 0.1) is 0 Å². The maximum Gasteiger partial charge on any atom is 0.0462 e. The van der Waals surface area contributed by atoms with Crippen molar-refractivity contribution in [2.24, 2.45) is 0 Å². The molecule has 1 heterocycles. The molecule has 0 saturated heterocycles. The van der Waals surface area contributed by atoms with Crippen molar-refractivity contribution in [3.05, 3.63) is 180 Å². The highest BCUT2D eigenvalue weighted by molar-refractivity contribution is 7.13. The normalized spacial score (nSPS) is 11.2. The van der Waals surface area contributed by atoms with Crippen molar-refractivity contribution in [1.29, 1.82) is 0 Å². The Morgan fingerprint density at radius 1 is 0.500 bits per heavy atom. The van der Waals surface area contributed by atoms with Gasteiger partial charge in [-0.3, -0.25) is 0 Å². The molecule has 0 spiro atoms. The van der Waals surface area contributed by atoms with E-state index in [1.807, 2.05) is 48.5 Å². The maximum absolute atomic E-state index is 6.19. The monoisotopic (exact) mass is 655 g/mol. The number of hydrogen-bond donors (Lipinski definition) is 0. The molecular weight excluding hydrogens is 621 g/mol. The minimum Gasteiger partial charge on any atom is -0.311 e. The lowest BCUT2D eigenvalue weighted by Gasteiger charge is -2.25. The summed E-state index contributed by atoms with van der Waals surface area (Å²) in [4.78, 5) is 4.63. The molecule has 0 aliphatic carbocycles.